The van der Waals surface area contributed by atoms with Crippen LogP contribution in [0, 0.1) is 0 Å². The van der Waals surface area contributed by atoms with Crippen molar-refractivity contribution >= 4 is 22.0 Å². The SMILES string of the molecule is COC=Cc1ccc(Br)nc1. The van der Waals surface area contributed by atoms with Crippen LogP contribution < -0.4 is 0 Å². The lowest BCUT2D eigenvalue weighted by Crippen LogP contribution is -1.76. The van der Waals surface area contributed by atoms with E-state index in [0.29, 0.717) is 0 Å². The molecule has 0 amide bonds. The minimum atomic E-state index is 0.840. The van der Waals surface area contributed by atoms with Crippen LogP contribution in [0.3, 0.4) is 0 Å². The van der Waals surface area contributed by atoms with Gasteiger partial charge in [0.15, 0.2) is 0 Å². The van der Waals surface area contributed by atoms with Crippen molar-refractivity contribution in [2.75, 3.05) is 7.11 Å². The summed E-state index contributed by atoms with van der Waals surface area (Å²) in [6.45, 7) is 0. The first-order valence-electron chi connectivity index (χ1n) is 3.14. The van der Waals surface area contributed by atoms with Crippen molar-refractivity contribution in [2.45, 2.75) is 0 Å². The van der Waals surface area contributed by atoms with E-state index in [2.05, 4.69) is 20.9 Å². The van der Waals surface area contributed by atoms with Crippen LogP contribution in [-0.2, 0) is 4.74 Å². The summed E-state index contributed by atoms with van der Waals surface area (Å²) < 4.78 is 5.60. The summed E-state index contributed by atoms with van der Waals surface area (Å²) in [7, 11) is 1.61. The molecule has 1 aromatic heterocycles. The molecule has 0 saturated carbocycles. The second kappa shape index (κ2) is 4.13. The molecule has 0 bridgehead atoms. The summed E-state index contributed by atoms with van der Waals surface area (Å²) in [5.41, 5.74) is 1.02. The lowest BCUT2D eigenvalue weighted by molar-refractivity contribution is 0.341. The third-order valence-corrected chi connectivity index (χ3v) is 1.62. The standard InChI is InChI=1S/C8H8BrNO/c1-11-5-4-7-2-3-8(9)10-6-7/h2-6H,1H3. The Balaban J connectivity index is 2.73. The van der Waals surface area contributed by atoms with Crippen LogP contribution in [0.25, 0.3) is 6.08 Å². The highest BCUT2D eigenvalue weighted by Gasteiger charge is 1.87. The number of halogens is 1. The maximum absolute atomic E-state index is 4.76. The first-order chi connectivity index (χ1) is 5.33. The quantitative estimate of drug-likeness (QED) is 0.557. The van der Waals surface area contributed by atoms with Crippen molar-refractivity contribution in [3.8, 4) is 0 Å². The highest BCUT2D eigenvalue weighted by molar-refractivity contribution is 9.10. The first-order valence-corrected chi connectivity index (χ1v) is 3.93. The van der Waals surface area contributed by atoms with Crippen LogP contribution in [0.2, 0.25) is 0 Å². The van der Waals surface area contributed by atoms with Crippen LogP contribution >= 0.6 is 15.9 Å². The average Bonchev–Trinajstić information content (AvgIpc) is 2.04. The highest BCUT2D eigenvalue weighted by atomic mass is 79.9. The van der Waals surface area contributed by atoms with Gasteiger partial charge in [0.2, 0.25) is 0 Å². The smallest absolute Gasteiger partial charge is 0.106 e. The molecule has 58 valence electrons. The molecule has 1 rings (SSSR count). The van der Waals surface area contributed by atoms with E-state index in [1.807, 2.05) is 18.2 Å². The van der Waals surface area contributed by atoms with E-state index >= 15 is 0 Å². The van der Waals surface area contributed by atoms with Gasteiger partial charge in [-0.3, -0.25) is 0 Å². The van der Waals surface area contributed by atoms with Crippen LogP contribution in [0.1, 0.15) is 5.56 Å². The van der Waals surface area contributed by atoms with E-state index in [9.17, 15) is 0 Å². The van der Waals surface area contributed by atoms with Gasteiger partial charge in [0, 0.05) is 6.20 Å². The van der Waals surface area contributed by atoms with Crippen molar-refractivity contribution in [1.82, 2.24) is 4.98 Å². The lowest BCUT2D eigenvalue weighted by atomic mass is 10.3. The fraction of sp³-hybridized carbons (Fsp3) is 0.125. The van der Waals surface area contributed by atoms with Gasteiger partial charge in [-0.15, -0.1) is 0 Å². The van der Waals surface area contributed by atoms with Crippen LogP contribution in [0.4, 0.5) is 0 Å². The molecule has 0 atom stereocenters. The van der Waals surface area contributed by atoms with Gasteiger partial charge >= 0.3 is 0 Å². The van der Waals surface area contributed by atoms with E-state index in [0.717, 1.165) is 10.2 Å². The molecule has 0 N–H and O–H groups in total. The lowest BCUT2D eigenvalue weighted by Gasteiger charge is -1.91. The fourth-order valence-electron chi connectivity index (χ4n) is 0.632. The largest absolute Gasteiger partial charge is 0.504 e. The third-order valence-electron chi connectivity index (χ3n) is 1.15. The Hall–Kier alpha value is -0.830. The zero-order valence-corrected chi connectivity index (χ0v) is 7.71. The summed E-state index contributed by atoms with van der Waals surface area (Å²) in [6, 6.07) is 3.84. The van der Waals surface area contributed by atoms with Crippen molar-refractivity contribution in [2.24, 2.45) is 0 Å². The predicted molar refractivity (Wildman–Crippen MR) is 48.0 cm³/mol. The summed E-state index contributed by atoms with van der Waals surface area (Å²) in [6.07, 6.45) is 5.23. The number of hydrogen-bond acceptors (Lipinski definition) is 2. The number of rotatable bonds is 2. The average molecular weight is 214 g/mol. The summed E-state index contributed by atoms with van der Waals surface area (Å²) >= 11 is 3.25. The fourth-order valence-corrected chi connectivity index (χ4v) is 0.867. The minimum absolute atomic E-state index is 0.840. The van der Waals surface area contributed by atoms with Gasteiger partial charge in [-0.2, -0.15) is 0 Å². The number of hydrogen-bond donors (Lipinski definition) is 0. The van der Waals surface area contributed by atoms with Gasteiger partial charge in [0.05, 0.1) is 13.4 Å². The van der Waals surface area contributed by atoms with E-state index in [4.69, 9.17) is 4.74 Å². The highest BCUT2D eigenvalue weighted by Crippen LogP contribution is 2.07. The zero-order chi connectivity index (χ0) is 8.10. The Morgan fingerprint density at radius 3 is 2.91 bits per heavy atom. The Kier molecular flexibility index (Phi) is 3.11. The molecule has 1 heterocycles. The molecule has 2 nitrogen and oxygen atoms in total. The van der Waals surface area contributed by atoms with E-state index in [1.165, 1.54) is 0 Å². The second-order valence-corrected chi connectivity index (χ2v) is 2.77. The molecule has 0 spiro atoms. The van der Waals surface area contributed by atoms with E-state index in [1.54, 1.807) is 19.6 Å². The topological polar surface area (TPSA) is 22.1 Å². The predicted octanol–water partition coefficient (Wildman–Crippen LogP) is 2.46. The van der Waals surface area contributed by atoms with Crippen LogP contribution in [0.5, 0.6) is 0 Å². The number of aromatic nitrogens is 1. The number of nitrogens with zero attached hydrogens (tertiary/aromatic N) is 1. The van der Waals surface area contributed by atoms with Crippen LogP contribution in [0.15, 0.2) is 29.2 Å². The maximum atomic E-state index is 4.76. The third kappa shape index (κ3) is 2.72. The Labute approximate surface area is 74.0 Å². The van der Waals surface area contributed by atoms with Crippen LogP contribution in [-0.4, -0.2) is 12.1 Å². The molecule has 0 aliphatic heterocycles. The molecule has 0 saturated heterocycles. The first kappa shape index (κ1) is 8.27. The molecular formula is C8H8BrNO. The number of pyridine rings is 1. The summed E-state index contributed by atoms with van der Waals surface area (Å²) in [5, 5.41) is 0. The summed E-state index contributed by atoms with van der Waals surface area (Å²) in [5.74, 6) is 0. The van der Waals surface area contributed by atoms with Crippen molar-refractivity contribution in [3.05, 3.63) is 34.8 Å². The van der Waals surface area contributed by atoms with Gasteiger partial charge in [-0.25, -0.2) is 4.98 Å². The maximum Gasteiger partial charge on any atom is 0.106 e. The minimum Gasteiger partial charge on any atom is -0.504 e. The molecule has 0 unspecified atom stereocenters. The molecule has 0 aromatic carbocycles. The molecule has 0 radical (unpaired) electrons. The van der Waals surface area contributed by atoms with E-state index in [-0.39, 0.29) is 0 Å². The van der Waals surface area contributed by atoms with Gasteiger partial charge in [-0.1, -0.05) is 6.07 Å². The Bertz CT molecular complexity index is 243. The molecule has 0 aliphatic carbocycles. The van der Waals surface area contributed by atoms with Gasteiger partial charge < -0.3 is 4.74 Å². The van der Waals surface area contributed by atoms with Crippen molar-refractivity contribution in [3.63, 3.8) is 0 Å². The Morgan fingerprint density at radius 2 is 2.36 bits per heavy atom. The molecule has 11 heavy (non-hydrogen) atoms. The monoisotopic (exact) mass is 213 g/mol. The second-order valence-electron chi connectivity index (χ2n) is 1.95. The van der Waals surface area contributed by atoms with E-state index < -0.39 is 0 Å². The van der Waals surface area contributed by atoms with Crippen molar-refractivity contribution in [1.29, 1.82) is 0 Å². The van der Waals surface area contributed by atoms with Gasteiger partial charge in [0.1, 0.15) is 4.60 Å². The van der Waals surface area contributed by atoms with Gasteiger partial charge in [-0.05, 0) is 33.6 Å². The zero-order valence-electron chi connectivity index (χ0n) is 6.12. The molecule has 0 fully saturated rings. The molecule has 0 aliphatic rings. The number of methoxy groups -OCH3 is 1. The summed E-state index contributed by atoms with van der Waals surface area (Å²) in [4.78, 5) is 4.04. The van der Waals surface area contributed by atoms with Crippen molar-refractivity contribution < 1.29 is 4.74 Å². The molecule has 1 aromatic rings. The molecular weight excluding hydrogens is 206 g/mol. The normalized spacial score (nSPS) is 10.4. The Morgan fingerprint density at radius 1 is 1.55 bits per heavy atom. The van der Waals surface area contributed by atoms with Gasteiger partial charge in [0.25, 0.3) is 0 Å². The number of ether oxygens (including phenoxy) is 1. The molecule has 3 heteroatoms.